The summed E-state index contributed by atoms with van der Waals surface area (Å²) < 4.78 is 0. The second kappa shape index (κ2) is 5.18. The van der Waals surface area contributed by atoms with Crippen LogP contribution in [0.1, 0.15) is 40.5 Å². The van der Waals surface area contributed by atoms with E-state index in [4.69, 9.17) is 5.26 Å². The molecule has 0 radical (unpaired) electrons. The van der Waals surface area contributed by atoms with Gasteiger partial charge in [-0.15, -0.1) is 0 Å². The normalized spacial score (nSPS) is 16.0. The summed E-state index contributed by atoms with van der Waals surface area (Å²) in [5, 5.41) is 8.71. The van der Waals surface area contributed by atoms with Gasteiger partial charge < -0.3 is 0 Å². The van der Waals surface area contributed by atoms with Gasteiger partial charge in [-0.1, -0.05) is 27.7 Å². The van der Waals surface area contributed by atoms with Crippen LogP contribution in [0.3, 0.4) is 0 Å². The van der Waals surface area contributed by atoms with Crippen LogP contribution in [0.2, 0.25) is 0 Å². The molecule has 0 aliphatic heterocycles. The highest BCUT2D eigenvalue weighted by Crippen LogP contribution is 2.20. The van der Waals surface area contributed by atoms with Crippen molar-refractivity contribution < 1.29 is 0 Å². The van der Waals surface area contributed by atoms with Gasteiger partial charge in [-0.05, 0) is 24.7 Å². The van der Waals surface area contributed by atoms with Crippen LogP contribution in [0, 0.1) is 29.1 Å². The summed E-state index contributed by atoms with van der Waals surface area (Å²) in [6, 6.07) is 2.34. The smallest absolute Gasteiger partial charge is 0.0655 e. The first-order chi connectivity index (χ1) is 5.11. The molecule has 0 saturated carbocycles. The summed E-state index contributed by atoms with van der Waals surface area (Å²) in [6.07, 6.45) is 2.05. The van der Waals surface area contributed by atoms with E-state index in [-0.39, 0.29) is 5.92 Å². The molecular formula is C10H19N. The zero-order chi connectivity index (χ0) is 8.85. The highest BCUT2D eigenvalue weighted by molar-refractivity contribution is 4.83. The van der Waals surface area contributed by atoms with Gasteiger partial charge in [0.1, 0.15) is 0 Å². The summed E-state index contributed by atoms with van der Waals surface area (Å²) in [7, 11) is 0. The van der Waals surface area contributed by atoms with Gasteiger partial charge in [0.2, 0.25) is 0 Å². The van der Waals surface area contributed by atoms with Crippen LogP contribution in [0.4, 0.5) is 0 Å². The summed E-state index contributed by atoms with van der Waals surface area (Å²) in [4.78, 5) is 0. The first kappa shape index (κ1) is 10.5. The molecule has 0 aliphatic rings. The minimum Gasteiger partial charge on any atom is -0.198 e. The van der Waals surface area contributed by atoms with E-state index in [0.717, 1.165) is 12.8 Å². The molecule has 1 heteroatoms. The quantitative estimate of drug-likeness (QED) is 0.608. The van der Waals surface area contributed by atoms with Crippen molar-refractivity contribution in [2.45, 2.75) is 40.5 Å². The van der Waals surface area contributed by atoms with Gasteiger partial charge in [0, 0.05) is 5.92 Å². The molecule has 0 aromatic rings. The van der Waals surface area contributed by atoms with Crippen LogP contribution in [-0.2, 0) is 0 Å². The van der Waals surface area contributed by atoms with Crippen molar-refractivity contribution >= 4 is 0 Å². The Bertz CT molecular complexity index is 132. The molecule has 0 heterocycles. The molecule has 0 N–H and O–H groups in total. The minimum atomic E-state index is 0.271. The van der Waals surface area contributed by atoms with Gasteiger partial charge in [0.05, 0.1) is 6.07 Å². The number of hydrogen-bond acceptors (Lipinski definition) is 1. The highest BCUT2D eigenvalue weighted by atomic mass is 14.3. The second-order valence-corrected chi connectivity index (χ2v) is 3.69. The summed E-state index contributed by atoms with van der Waals surface area (Å²) in [5.41, 5.74) is 0. The van der Waals surface area contributed by atoms with E-state index in [1.54, 1.807) is 0 Å². The van der Waals surface area contributed by atoms with E-state index in [1.165, 1.54) is 0 Å². The van der Waals surface area contributed by atoms with E-state index in [9.17, 15) is 0 Å². The average Bonchev–Trinajstić information content (AvgIpc) is 1.99. The Hall–Kier alpha value is -0.510. The minimum absolute atomic E-state index is 0.271. The van der Waals surface area contributed by atoms with Crippen molar-refractivity contribution in [3.8, 4) is 6.07 Å². The van der Waals surface area contributed by atoms with Crippen LogP contribution in [0.5, 0.6) is 0 Å². The van der Waals surface area contributed by atoms with E-state index < -0.39 is 0 Å². The fourth-order valence-corrected chi connectivity index (χ4v) is 1.03. The Balaban J connectivity index is 3.74. The predicted molar refractivity (Wildman–Crippen MR) is 48.0 cm³/mol. The third-order valence-electron chi connectivity index (χ3n) is 2.47. The zero-order valence-corrected chi connectivity index (χ0v) is 8.09. The molecule has 0 aromatic carbocycles. The lowest BCUT2D eigenvalue weighted by molar-refractivity contribution is 0.348. The van der Waals surface area contributed by atoms with E-state index >= 15 is 0 Å². The largest absolute Gasteiger partial charge is 0.198 e. The zero-order valence-electron chi connectivity index (χ0n) is 8.09. The maximum atomic E-state index is 8.71. The SMILES string of the molecule is CCC(C#N)CC(C)C(C)C. The number of nitrogens with zero attached hydrogens (tertiary/aromatic N) is 1. The Morgan fingerprint density at radius 1 is 1.27 bits per heavy atom. The number of rotatable bonds is 4. The van der Waals surface area contributed by atoms with Gasteiger partial charge in [-0.2, -0.15) is 5.26 Å². The molecule has 0 aliphatic carbocycles. The van der Waals surface area contributed by atoms with Gasteiger partial charge in [0.25, 0.3) is 0 Å². The Kier molecular flexibility index (Phi) is 4.94. The first-order valence-electron chi connectivity index (χ1n) is 4.51. The van der Waals surface area contributed by atoms with Crippen molar-refractivity contribution in [3.05, 3.63) is 0 Å². The Morgan fingerprint density at radius 3 is 2.09 bits per heavy atom. The maximum Gasteiger partial charge on any atom is 0.0655 e. The number of hydrogen-bond donors (Lipinski definition) is 0. The molecule has 1 nitrogen and oxygen atoms in total. The molecule has 0 bridgehead atoms. The molecule has 2 atom stereocenters. The molecule has 0 aromatic heterocycles. The van der Waals surface area contributed by atoms with E-state index in [1.807, 2.05) is 0 Å². The molecular weight excluding hydrogens is 134 g/mol. The van der Waals surface area contributed by atoms with Crippen molar-refractivity contribution in [1.82, 2.24) is 0 Å². The number of nitriles is 1. The first-order valence-corrected chi connectivity index (χ1v) is 4.51. The van der Waals surface area contributed by atoms with E-state index in [2.05, 4.69) is 33.8 Å². The fourth-order valence-electron chi connectivity index (χ4n) is 1.03. The van der Waals surface area contributed by atoms with Crippen molar-refractivity contribution in [2.75, 3.05) is 0 Å². The fraction of sp³-hybridized carbons (Fsp3) is 0.900. The van der Waals surface area contributed by atoms with Crippen LogP contribution in [0.15, 0.2) is 0 Å². The second-order valence-electron chi connectivity index (χ2n) is 3.69. The van der Waals surface area contributed by atoms with Gasteiger partial charge in [-0.25, -0.2) is 0 Å². The predicted octanol–water partition coefficient (Wildman–Crippen LogP) is 3.22. The molecule has 0 amide bonds. The Labute approximate surface area is 70.4 Å². The summed E-state index contributed by atoms with van der Waals surface area (Å²) in [5.74, 6) is 1.66. The molecule has 64 valence electrons. The molecule has 11 heavy (non-hydrogen) atoms. The van der Waals surface area contributed by atoms with Gasteiger partial charge in [0.15, 0.2) is 0 Å². The van der Waals surface area contributed by atoms with Crippen molar-refractivity contribution in [3.63, 3.8) is 0 Å². The summed E-state index contributed by atoms with van der Waals surface area (Å²) >= 11 is 0. The highest BCUT2D eigenvalue weighted by Gasteiger charge is 2.12. The molecule has 0 spiro atoms. The van der Waals surface area contributed by atoms with Gasteiger partial charge in [-0.3, -0.25) is 0 Å². The standard InChI is InChI=1S/C10H19N/c1-5-10(7-11)6-9(4)8(2)3/h8-10H,5-6H2,1-4H3. The van der Waals surface area contributed by atoms with Crippen LogP contribution >= 0.6 is 0 Å². The lowest BCUT2D eigenvalue weighted by Crippen LogP contribution is -2.09. The van der Waals surface area contributed by atoms with Crippen molar-refractivity contribution in [2.24, 2.45) is 17.8 Å². The summed E-state index contributed by atoms with van der Waals surface area (Å²) in [6.45, 7) is 8.75. The third-order valence-corrected chi connectivity index (χ3v) is 2.47. The lowest BCUT2D eigenvalue weighted by Gasteiger charge is -2.17. The molecule has 0 saturated heterocycles. The van der Waals surface area contributed by atoms with Gasteiger partial charge >= 0.3 is 0 Å². The molecule has 0 rings (SSSR count). The molecule has 0 fully saturated rings. The van der Waals surface area contributed by atoms with Crippen LogP contribution < -0.4 is 0 Å². The molecule has 2 unspecified atom stereocenters. The lowest BCUT2D eigenvalue weighted by atomic mass is 9.87. The Morgan fingerprint density at radius 2 is 1.82 bits per heavy atom. The van der Waals surface area contributed by atoms with Crippen LogP contribution in [-0.4, -0.2) is 0 Å². The average molecular weight is 153 g/mol. The third kappa shape index (κ3) is 4.03. The van der Waals surface area contributed by atoms with E-state index in [0.29, 0.717) is 11.8 Å². The van der Waals surface area contributed by atoms with Crippen LogP contribution in [0.25, 0.3) is 0 Å². The monoisotopic (exact) mass is 153 g/mol. The maximum absolute atomic E-state index is 8.71. The van der Waals surface area contributed by atoms with Crippen molar-refractivity contribution in [1.29, 1.82) is 5.26 Å². The topological polar surface area (TPSA) is 23.8 Å².